The highest BCUT2D eigenvalue weighted by Crippen LogP contribution is 2.11. The number of rotatable bonds is 12. The van der Waals surface area contributed by atoms with E-state index in [0.717, 1.165) is 11.1 Å². The van der Waals surface area contributed by atoms with E-state index in [9.17, 15) is 0 Å². The summed E-state index contributed by atoms with van der Waals surface area (Å²) in [5.41, 5.74) is 4.90. The predicted octanol–water partition coefficient (Wildman–Crippen LogP) is 8.12. The summed E-state index contributed by atoms with van der Waals surface area (Å²) in [4.78, 5) is 0. The van der Waals surface area contributed by atoms with Crippen molar-refractivity contribution in [2.45, 2.75) is 90.9 Å². The molecule has 0 bridgehead atoms. The molecule has 0 aromatic heterocycles. The molecule has 30 heavy (non-hydrogen) atoms. The maximum atomic E-state index is 3.16. The lowest BCUT2D eigenvalue weighted by molar-refractivity contribution is 0.607. The van der Waals surface area contributed by atoms with E-state index in [1.54, 1.807) is 0 Å². The third-order valence-electron chi connectivity index (χ3n) is 5.52. The fraction of sp³-hybridized carbons (Fsp3) is 0.467. The second kappa shape index (κ2) is 15.4. The number of hydrogen-bond acceptors (Lipinski definition) is 0. The first-order valence-corrected chi connectivity index (χ1v) is 12.0. The Morgan fingerprint density at radius 3 is 1.27 bits per heavy atom. The van der Waals surface area contributed by atoms with Crippen LogP contribution in [0.1, 0.15) is 100 Å². The molecular weight excluding hydrogens is 360 g/mol. The summed E-state index contributed by atoms with van der Waals surface area (Å²) in [5.74, 6) is 12.3. The van der Waals surface area contributed by atoms with Crippen LogP contribution in [0.25, 0.3) is 0 Å². The van der Waals surface area contributed by atoms with Crippen LogP contribution in [0.5, 0.6) is 0 Å². The fourth-order valence-corrected chi connectivity index (χ4v) is 3.58. The molecule has 0 saturated heterocycles. The second-order valence-electron chi connectivity index (χ2n) is 8.22. The van der Waals surface area contributed by atoms with Gasteiger partial charge in [-0.3, -0.25) is 0 Å². The Morgan fingerprint density at radius 1 is 0.467 bits per heavy atom. The van der Waals surface area contributed by atoms with Gasteiger partial charge >= 0.3 is 0 Å². The number of unbranched alkanes of at least 4 members (excludes halogenated alkanes) is 8. The Balaban J connectivity index is 1.74. The summed E-state index contributed by atoms with van der Waals surface area (Å²) in [6.45, 7) is 4.52. The molecule has 0 N–H and O–H groups in total. The molecule has 0 aliphatic heterocycles. The fourth-order valence-electron chi connectivity index (χ4n) is 3.58. The molecule has 0 nitrogen and oxygen atoms in total. The molecule has 0 spiro atoms. The van der Waals surface area contributed by atoms with Crippen LogP contribution in [-0.4, -0.2) is 0 Å². The molecule has 158 valence electrons. The monoisotopic (exact) mass is 398 g/mol. The van der Waals surface area contributed by atoms with Gasteiger partial charge in [-0.2, -0.15) is 0 Å². The van der Waals surface area contributed by atoms with Crippen LogP contribution >= 0.6 is 0 Å². The molecule has 0 unspecified atom stereocenters. The van der Waals surface area contributed by atoms with Crippen molar-refractivity contribution >= 4 is 0 Å². The van der Waals surface area contributed by atoms with Gasteiger partial charge in [0.25, 0.3) is 0 Å². The van der Waals surface area contributed by atoms with Crippen LogP contribution in [0.3, 0.4) is 0 Å². The molecule has 0 fully saturated rings. The van der Waals surface area contributed by atoms with Crippen molar-refractivity contribution in [3.05, 3.63) is 70.8 Å². The quantitative estimate of drug-likeness (QED) is 0.250. The summed E-state index contributed by atoms with van der Waals surface area (Å²) >= 11 is 0. The standard InChI is InChI=1S/C30H38/c1-3-5-7-9-10-12-16-28-21-25-30(26-22-28)18-14-13-17-29-23-19-27(20-24-29)15-11-8-6-4-2/h19-26H,3-12,15-16H2,1-2H3. The first kappa shape index (κ1) is 23.8. The predicted molar refractivity (Wildman–Crippen MR) is 132 cm³/mol. The largest absolute Gasteiger partial charge is 0.0654 e. The van der Waals surface area contributed by atoms with Gasteiger partial charge in [0, 0.05) is 11.1 Å². The minimum atomic E-state index is 1.04. The van der Waals surface area contributed by atoms with Gasteiger partial charge in [-0.25, -0.2) is 0 Å². The van der Waals surface area contributed by atoms with Crippen molar-refractivity contribution in [3.8, 4) is 23.7 Å². The SMILES string of the molecule is CCCCCCCCc1ccc(C#CC#Cc2ccc(CCCCCC)cc2)cc1. The summed E-state index contributed by atoms with van der Waals surface area (Å²) in [6.07, 6.45) is 15.7. The Hall–Kier alpha value is -2.44. The molecule has 0 saturated carbocycles. The average Bonchev–Trinajstić information content (AvgIpc) is 2.78. The van der Waals surface area contributed by atoms with Crippen LogP contribution in [-0.2, 0) is 12.8 Å². The van der Waals surface area contributed by atoms with Crippen molar-refractivity contribution in [1.82, 2.24) is 0 Å². The molecule has 0 amide bonds. The zero-order valence-corrected chi connectivity index (χ0v) is 19.1. The third kappa shape index (κ3) is 10.4. The van der Waals surface area contributed by atoms with Gasteiger partial charge in [-0.15, -0.1) is 0 Å². The molecule has 0 aliphatic carbocycles. The van der Waals surface area contributed by atoms with Gasteiger partial charge in [0.15, 0.2) is 0 Å². The zero-order valence-electron chi connectivity index (χ0n) is 19.1. The highest BCUT2D eigenvalue weighted by Gasteiger charge is 1.95. The third-order valence-corrected chi connectivity index (χ3v) is 5.52. The van der Waals surface area contributed by atoms with Gasteiger partial charge in [0.2, 0.25) is 0 Å². The van der Waals surface area contributed by atoms with E-state index in [1.807, 2.05) is 0 Å². The molecule has 2 aromatic carbocycles. The van der Waals surface area contributed by atoms with Crippen LogP contribution in [0.15, 0.2) is 48.5 Å². The maximum absolute atomic E-state index is 3.16. The zero-order chi connectivity index (χ0) is 21.3. The van der Waals surface area contributed by atoms with Gasteiger partial charge in [-0.05, 0) is 72.9 Å². The molecule has 0 aliphatic rings. The molecular formula is C30H38. The summed E-state index contributed by atoms with van der Waals surface area (Å²) in [7, 11) is 0. The first-order chi connectivity index (χ1) is 14.8. The Kier molecular flexibility index (Phi) is 12.2. The summed E-state index contributed by atoms with van der Waals surface area (Å²) in [6, 6.07) is 17.3. The van der Waals surface area contributed by atoms with Crippen molar-refractivity contribution in [3.63, 3.8) is 0 Å². The van der Waals surface area contributed by atoms with Gasteiger partial charge < -0.3 is 0 Å². The van der Waals surface area contributed by atoms with Crippen molar-refractivity contribution in [2.75, 3.05) is 0 Å². The first-order valence-electron chi connectivity index (χ1n) is 12.0. The molecule has 0 atom stereocenters. The average molecular weight is 399 g/mol. The number of benzene rings is 2. The van der Waals surface area contributed by atoms with E-state index >= 15 is 0 Å². The Morgan fingerprint density at radius 2 is 0.833 bits per heavy atom. The second-order valence-corrected chi connectivity index (χ2v) is 8.22. The van der Waals surface area contributed by atoms with E-state index in [2.05, 4.69) is 86.1 Å². The van der Waals surface area contributed by atoms with E-state index < -0.39 is 0 Å². The summed E-state index contributed by atoms with van der Waals surface area (Å²) < 4.78 is 0. The van der Waals surface area contributed by atoms with E-state index in [1.165, 1.54) is 88.2 Å². The molecule has 0 heteroatoms. The normalized spacial score (nSPS) is 10.1. The van der Waals surface area contributed by atoms with Crippen LogP contribution in [0.4, 0.5) is 0 Å². The lowest BCUT2D eigenvalue weighted by Crippen LogP contribution is -1.87. The minimum Gasteiger partial charge on any atom is -0.0654 e. The molecule has 0 heterocycles. The van der Waals surface area contributed by atoms with Gasteiger partial charge in [0.1, 0.15) is 0 Å². The van der Waals surface area contributed by atoms with Gasteiger partial charge in [0.05, 0.1) is 0 Å². The number of aryl methyl sites for hydroxylation is 2. The Bertz CT molecular complexity index is 816. The van der Waals surface area contributed by atoms with E-state index in [4.69, 9.17) is 0 Å². The Labute approximate surface area is 185 Å². The van der Waals surface area contributed by atoms with Crippen LogP contribution in [0.2, 0.25) is 0 Å². The highest BCUT2D eigenvalue weighted by molar-refractivity contribution is 5.45. The van der Waals surface area contributed by atoms with E-state index in [0.29, 0.717) is 0 Å². The van der Waals surface area contributed by atoms with Crippen LogP contribution < -0.4 is 0 Å². The lowest BCUT2D eigenvalue weighted by atomic mass is 10.0. The lowest BCUT2D eigenvalue weighted by Gasteiger charge is -2.02. The van der Waals surface area contributed by atoms with Crippen molar-refractivity contribution < 1.29 is 0 Å². The van der Waals surface area contributed by atoms with Gasteiger partial charge in [-0.1, -0.05) is 101 Å². The molecule has 2 aromatic rings. The minimum absolute atomic E-state index is 1.04. The van der Waals surface area contributed by atoms with E-state index in [-0.39, 0.29) is 0 Å². The molecule has 0 radical (unpaired) electrons. The van der Waals surface area contributed by atoms with Crippen molar-refractivity contribution in [1.29, 1.82) is 0 Å². The smallest absolute Gasteiger partial charge is 0.0255 e. The number of hydrogen-bond donors (Lipinski definition) is 0. The summed E-state index contributed by atoms with van der Waals surface area (Å²) in [5, 5.41) is 0. The van der Waals surface area contributed by atoms with Crippen LogP contribution in [0, 0.1) is 23.7 Å². The molecule has 2 rings (SSSR count). The maximum Gasteiger partial charge on any atom is 0.0255 e. The van der Waals surface area contributed by atoms with Crippen molar-refractivity contribution in [2.24, 2.45) is 0 Å². The topological polar surface area (TPSA) is 0 Å². The highest BCUT2D eigenvalue weighted by atomic mass is 14.0.